The van der Waals surface area contributed by atoms with Crippen LogP contribution in [0.4, 0.5) is 0 Å². The SMILES string of the molecule is [B]c1ccc2c(c1)C(=O)N(O)C21/C=C\CCCCC1. The van der Waals surface area contributed by atoms with Crippen molar-refractivity contribution in [2.24, 2.45) is 0 Å². The second-order valence-corrected chi connectivity index (χ2v) is 5.35. The van der Waals surface area contributed by atoms with Gasteiger partial charge in [0.05, 0.1) is 0 Å². The lowest BCUT2D eigenvalue weighted by Crippen LogP contribution is -2.40. The molecule has 1 amide bonds. The van der Waals surface area contributed by atoms with Gasteiger partial charge < -0.3 is 0 Å². The lowest BCUT2D eigenvalue weighted by atomic mass is 9.81. The van der Waals surface area contributed by atoms with E-state index in [1.165, 1.54) is 6.42 Å². The molecule has 3 rings (SSSR count). The average Bonchev–Trinajstić information content (AvgIpc) is 2.56. The summed E-state index contributed by atoms with van der Waals surface area (Å²) in [5.74, 6) is -0.354. The van der Waals surface area contributed by atoms with E-state index in [1.807, 2.05) is 12.1 Å². The average molecular weight is 253 g/mol. The molecule has 1 heterocycles. The van der Waals surface area contributed by atoms with Crippen LogP contribution in [0.5, 0.6) is 0 Å². The molecule has 2 radical (unpaired) electrons. The molecule has 19 heavy (non-hydrogen) atoms. The third-order valence-corrected chi connectivity index (χ3v) is 4.13. The summed E-state index contributed by atoms with van der Waals surface area (Å²) in [5.41, 5.74) is 1.24. The van der Waals surface area contributed by atoms with Crippen molar-refractivity contribution in [3.8, 4) is 0 Å². The Kier molecular flexibility index (Phi) is 2.98. The normalized spacial score (nSPS) is 28.1. The van der Waals surface area contributed by atoms with Crippen LogP contribution in [-0.4, -0.2) is 24.0 Å². The number of carbonyl (C=O) groups excluding carboxylic acids is 1. The van der Waals surface area contributed by atoms with Crippen molar-refractivity contribution in [2.45, 2.75) is 37.6 Å². The van der Waals surface area contributed by atoms with Crippen molar-refractivity contribution in [3.05, 3.63) is 41.5 Å². The Bertz CT molecular complexity index is 555. The first-order valence-electron chi connectivity index (χ1n) is 6.76. The smallest absolute Gasteiger partial charge is 0.278 e. The number of hydrogen-bond donors (Lipinski definition) is 1. The van der Waals surface area contributed by atoms with Gasteiger partial charge in [0.15, 0.2) is 0 Å². The van der Waals surface area contributed by atoms with Gasteiger partial charge in [-0.3, -0.25) is 10.0 Å². The molecule has 4 heteroatoms. The molecule has 2 aliphatic rings. The van der Waals surface area contributed by atoms with E-state index in [2.05, 4.69) is 6.08 Å². The lowest BCUT2D eigenvalue weighted by molar-refractivity contribution is -0.114. The van der Waals surface area contributed by atoms with Gasteiger partial charge in [0.2, 0.25) is 0 Å². The van der Waals surface area contributed by atoms with Gasteiger partial charge in [0.1, 0.15) is 13.4 Å². The fourth-order valence-electron chi connectivity index (χ4n) is 3.12. The number of rotatable bonds is 0. The van der Waals surface area contributed by atoms with E-state index in [1.54, 1.807) is 12.1 Å². The quantitative estimate of drug-likeness (QED) is 0.436. The minimum atomic E-state index is -0.694. The Hall–Kier alpha value is -1.55. The first kappa shape index (κ1) is 12.5. The molecule has 1 aromatic carbocycles. The fourth-order valence-corrected chi connectivity index (χ4v) is 3.12. The zero-order valence-electron chi connectivity index (χ0n) is 10.8. The number of nitrogens with zero attached hydrogens (tertiary/aromatic N) is 1. The predicted octanol–water partition coefficient (Wildman–Crippen LogP) is 2.04. The van der Waals surface area contributed by atoms with Crippen LogP contribution in [0.25, 0.3) is 0 Å². The number of benzene rings is 1. The predicted molar refractivity (Wildman–Crippen MR) is 73.7 cm³/mol. The first-order chi connectivity index (χ1) is 9.15. The largest absolute Gasteiger partial charge is 0.284 e. The summed E-state index contributed by atoms with van der Waals surface area (Å²) in [6.45, 7) is 0. The molecule has 0 saturated heterocycles. The number of fused-ring (bicyclic) bond motifs is 2. The summed E-state index contributed by atoms with van der Waals surface area (Å²) in [5, 5.41) is 11.2. The van der Waals surface area contributed by atoms with Crippen molar-refractivity contribution in [1.82, 2.24) is 5.06 Å². The molecule has 3 nitrogen and oxygen atoms in total. The Balaban J connectivity index is 2.16. The summed E-state index contributed by atoms with van der Waals surface area (Å²) >= 11 is 0. The minimum absolute atomic E-state index is 0.354. The van der Waals surface area contributed by atoms with E-state index in [-0.39, 0.29) is 5.91 Å². The van der Waals surface area contributed by atoms with Gasteiger partial charge in [-0.25, -0.2) is 5.06 Å². The van der Waals surface area contributed by atoms with Crippen molar-refractivity contribution < 1.29 is 10.0 Å². The zero-order valence-corrected chi connectivity index (χ0v) is 10.8. The maximum Gasteiger partial charge on any atom is 0.278 e. The Labute approximate surface area is 114 Å². The number of amides is 1. The van der Waals surface area contributed by atoms with Crippen molar-refractivity contribution in [2.75, 3.05) is 0 Å². The maximum absolute atomic E-state index is 12.2. The molecular weight excluding hydrogens is 237 g/mol. The van der Waals surface area contributed by atoms with Crippen LogP contribution in [0.1, 0.15) is 48.0 Å². The number of carbonyl (C=O) groups is 1. The van der Waals surface area contributed by atoms with E-state index < -0.39 is 5.54 Å². The van der Waals surface area contributed by atoms with Gasteiger partial charge in [0.25, 0.3) is 5.91 Å². The molecule has 1 aliphatic heterocycles. The molecule has 1 spiro atoms. The fraction of sp³-hybridized carbons (Fsp3) is 0.400. The van der Waals surface area contributed by atoms with E-state index in [4.69, 9.17) is 7.85 Å². The summed E-state index contributed by atoms with van der Waals surface area (Å²) in [6, 6.07) is 5.31. The molecule has 0 aromatic heterocycles. The van der Waals surface area contributed by atoms with Crippen LogP contribution in [0, 0.1) is 0 Å². The van der Waals surface area contributed by atoms with Crippen molar-refractivity contribution in [3.63, 3.8) is 0 Å². The van der Waals surface area contributed by atoms with E-state index in [0.29, 0.717) is 11.0 Å². The second-order valence-electron chi connectivity index (χ2n) is 5.35. The molecule has 0 fully saturated rings. The van der Waals surface area contributed by atoms with Crippen molar-refractivity contribution in [1.29, 1.82) is 0 Å². The second kappa shape index (κ2) is 4.53. The molecule has 0 bridgehead atoms. The van der Waals surface area contributed by atoms with Gasteiger partial charge in [-0.15, -0.1) is 0 Å². The van der Waals surface area contributed by atoms with Crippen LogP contribution in [-0.2, 0) is 5.54 Å². The van der Waals surface area contributed by atoms with Crippen LogP contribution >= 0.6 is 0 Å². The van der Waals surface area contributed by atoms with E-state index >= 15 is 0 Å². The van der Waals surface area contributed by atoms with Gasteiger partial charge in [0, 0.05) is 5.56 Å². The summed E-state index contributed by atoms with van der Waals surface area (Å²) in [7, 11) is 5.74. The molecule has 1 unspecified atom stereocenters. The van der Waals surface area contributed by atoms with Gasteiger partial charge in [-0.2, -0.15) is 0 Å². The van der Waals surface area contributed by atoms with Crippen LogP contribution in [0.2, 0.25) is 0 Å². The monoisotopic (exact) mass is 253 g/mol. The van der Waals surface area contributed by atoms with E-state index in [0.717, 1.165) is 36.3 Å². The highest BCUT2D eigenvalue weighted by molar-refractivity contribution is 6.32. The van der Waals surface area contributed by atoms with Crippen molar-refractivity contribution >= 4 is 19.2 Å². The summed E-state index contributed by atoms with van der Waals surface area (Å²) in [4.78, 5) is 12.2. The molecule has 1 N–H and O–H groups in total. The number of allylic oxidation sites excluding steroid dienone is 1. The molecule has 1 aliphatic carbocycles. The maximum atomic E-state index is 12.2. The third-order valence-electron chi connectivity index (χ3n) is 4.13. The first-order valence-corrected chi connectivity index (χ1v) is 6.76. The van der Waals surface area contributed by atoms with Crippen LogP contribution in [0.3, 0.4) is 0 Å². The Morgan fingerprint density at radius 1 is 1.26 bits per heavy atom. The summed E-state index contributed by atoms with van der Waals surface area (Å²) in [6.07, 6.45) is 9.08. The molecule has 1 aromatic rings. The molecule has 1 atom stereocenters. The number of hydrogen-bond acceptors (Lipinski definition) is 2. The Morgan fingerprint density at radius 2 is 2.11 bits per heavy atom. The highest BCUT2D eigenvalue weighted by Gasteiger charge is 2.47. The highest BCUT2D eigenvalue weighted by Crippen LogP contribution is 2.43. The van der Waals surface area contributed by atoms with Gasteiger partial charge in [-0.1, -0.05) is 48.7 Å². The van der Waals surface area contributed by atoms with Crippen LogP contribution in [0.15, 0.2) is 30.4 Å². The summed E-state index contributed by atoms with van der Waals surface area (Å²) < 4.78 is 0. The zero-order chi connectivity index (χ0) is 13.5. The highest BCUT2D eigenvalue weighted by atomic mass is 16.5. The minimum Gasteiger partial charge on any atom is -0.284 e. The van der Waals surface area contributed by atoms with Crippen LogP contribution < -0.4 is 5.46 Å². The van der Waals surface area contributed by atoms with Gasteiger partial charge in [-0.05, 0) is 24.8 Å². The molecule has 96 valence electrons. The number of hydroxylamine groups is 2. The lowest BCUT2D eigenvalue weighted by Gasteiger charge is -2.33. The topological polar surface area (TPSA) is 40.5 Å². The van der Waals surface area contributed by atoms with E-state index in [9.17, 15) is 10.0 Å². The van der Waals surface area contributed by atoms with Gasteiger partial charge >= 0.3 is 0 Å². The third kappa shape index (κ3) is 1.82. The molecule has 0 saturated carbocycles. The Morgan fingerprint density at radius 3 is 2.95 bits per heavy atom. The molecular formula is C15H16BNO2. The standard InChI is InChI=1S/C15H16BNO2/c16-11-6-7-13-12(10-11)14(18)17(19)15(13)8-4-2-1-3-5-9-15/h4,6-8,10,19H,1-3,5,9H2/b8-4-.